The first-order valence-electron chi connectivity index (χ1n) is 7.38. The predicted octanol–water partition coefficient (Wildman–Crippen LogP) is 5.47. The van der Waals surface area contributed by atoms with Crippen LogP contribution in [0.5, 0.6) is 0 Å². The summed E-state index contributed by atoms with van der Waals surface area (Å²) >= 11 is 18.9. The Bertz CT molecular complexity index is 879. The van der Waals surface area contributed by atoms with Gasteiger partial charge in [-0.1, -0.05) is 59.3 Å². The number of hydrogen-bond acceptors (Lipinski definition) is 4. The first-order valence-corrected chi connectivity index (χ1v) is 9.36. The van der Waals surface area contributed by atoms with E-state index in [2.05, 4.69) is 0 Å². The number of thioether (sulfide) groups is 1. The van der Waals surface area contributed by atoms with Gasteiger partial charge in [0.25, 0.3) is 5.91 Å². The van der Waals surface area contributed by atoms with E-state index < -0.39 is 0 Å². The Labute approximate surface area is 166 Å². The summed E-state index contributed by atoms with van der Waals surface area (Å²) in [6.45, 7) is 0. The average Bonchev–Trinajstić information content (AvgIpc) is 2.86. The van der Waals surface area contributed by atoms with Crippen LogP contribution in [0.15, 0.2) is 47.4 Å². The zero-order valence-corrected chi connectivity index (χ0v) is 16.6. The van der Waals surface area contributed by atoms with Gasteiger partial charge in [-0.15, -0.1) is 0 Å². The number of halogens is 2. The van der Waals surface area contributed by atoms with Crippen molar-refractivity contribution in [1.29, 1.82) is 0 Å². The van der Waals surface area contributed by atoms with Crippen molar-refractivity contribution in [2.45, 2.75) is 0 Å². The molecule has 0 aromatic heterocycles. The quantitative estimate of drug-likeness (QED) is 0.496. The van der Waals surface area contributed by atoms with Gasteiger partial charge in [0.05, 0.1) is 20.6 Å². The second kappa shape index (κ2) is 7.38. The van der Waals surface area contributed by atoms with Crippen LogP contribution in [0.3, 0.4) is 0 Å². The van der Waals surface area contributed by atoms with E-state index in [1.807, 2.05) is 49.3 Å². The van der Waals surface area contributed by atoms with Crippen LogP contribution in [-0.4, -0.2) is 24.3 Å². The van der Waals surface area contributed by atoms with Gasteiger partial charge in [0.2, 0.25) is 0 Å². The molecule has 1 aliphatic heterocycles. The van der Waals surface area contributed by atoms with Gasteiger partial charge in [-0.05, 0) is 42.0 Å². The zero-order chi connectivity index (χ0) is 18.1. The molecule has 0 spiro atoms. The Morgan fingerprint density at radius 2 is 1.80 bits per heavy atom. The van der Waals surface area contributed by atoms with Gasteiger partial charge in [0, 0.05) is 19.8 Å². The van der Waals surface area contributed by atoms with Crippen LogP contribution in [0.25, 0.3) is 6.08 Å². The maximum absolute atomic E-state index is 12.8. The molecule has 3 rings (SSSR count). The number of carbonyl (C=O) groups excluding carboxylic acids is 1. The van der Waals surface area contributed by atoms with Gasteiger partial charge in [0.15, 0.2) is 4.32 Å². The van der Waals surface area contributed by atoms with E-state index in [1.165, 1.54) is 16.7 Å². The van der Waals surface area contributed by atoms with Crippen molar-refractivity contribution in [2.75, 3.05) is 23.9 Å². The molecule has 1 amide bonds. The van der Waals surface area contributed by atoms with E-state index in [1.54, 1.807) is 18.2 Å². The highest BCUT2D eigenvalue weighted by molar-refractivity contribution is 8.27. The number of thiocarbonyl (C=S) groups is 1. The number of benzene rings is 2. The molecule has 1 heterocycles. The van der Waals surface area contributed by atoms with E-state index in [9.17, 15) is 4.79 Å². The number of rotatable bonds is 3. The fourth-order valence-corrected chi connectivity index (χ4v) is 4.02. The smallest absolute Gasteiger partial charge is 0.270 e. The minimum absolute atomic E-state index is 0.163. The SMILES string of the molecule is CN(C)c1ccc(N2C(=O)/C(=C\c3cccc(Cl)c3Cl)SC2=S)cc1. The summed E-state index contributed by atoms with van der Waals surface area (Å²) in [6.07, 6.45) is 1.72. The Balaban J connectivity index is 1.92. The van der Waals surface area contributed by atoms with E-state index in [-0.39, 0.29) is 5.91 Å². The minimum Gasteiger partial charge on any atom is -0.378 e. The van der Waals surface area contributed by atoms with Crippen molar-refractivity contribution >= 4 is 74.9 Å². The second-order valence-electron chi connectivity index (χ2n) is 5.57. The molecule has 25 heavy (non-hydrogen) atoms. The molecule has 0 unspecified atom stereocenters. The van der Waals surface area contributed by atoms with Gasteiger partial charge >= 0.3 is 0 Å². The standard InChI is InChI=1S/C18H14Cl2N2OS2/c1-21(2)12-6-8-13(9-7-12)22-17(23)15(25-18(22)24)10-11-4-3-5-14(19)16(11)20/h3-10H,1-2H3/b15-10+. The Kier molecular flexibility index (Phi) is 5.39. The van der Waals surface area contributed by atoms with Crippen LogP contribution in [-0.2, 0) is 4.79 Å². The van der Waals surface area contributed by atoms with Gasteiger partial charge < -0.3 is 4.90 Å². The third kappa shape index (κ3) is 3.70. The molecule has 0 aliphatic carbocycles. The summed E-state index contributed by atoms with van der Waals surface area (Å²) in [5.41, 5.74) is 2.49. The second-order valence-corrected chi connectivity index (χ2v) is 8.03. The first-order chi connectivity index (χ1) is 11.9. The fraction of sp³-hybridized carbons (Fsp3) is 0.111. The van der Waals surface area contributed by atoms with Crippen LogP contribution < -0.4 is 9.80 Å². The zero-order valence-electron chi connectivity index (χ0n) is 13.5. The third-order valence-corrected chi connectivity index (χ3v) is 5.82. The van der Waals surface area contributed by atoms with Crippen molar-refractivity contribution in [1.82, 2.24) is 0 Å². The monoisotopic (exact) mass is 408 g/mol. The number of carbonyl (C=O) groups is 1. The average molecular weight is 409 g/mol. The normalized spacial score (nSPS) is 16.0. The summed E-state index contributed by atoms with van der Waals surface area (Å²) < 4.78 is 0.493. The van der Waals surface area contributed by atoms with Crippen molar-refractivity contribution in [3.05, 3.63) is 63.0 Å². The van der Waals surface area contributed by atoms with E-state index in [0.717, 1.165) is 11.4 Å². The Hall–Kier alpha value is -1.53. The molecule has 1 saturated heterocycles. The van der Waals surface area contributed by atoms with Gasteiger partial charge in [0.1, 0.15) is 0 Å². The summed E-state index contributed by atoms with van der Waals surface area (Å²) in [6, 6.07) is 13.0. The molecular formula is C18H14Cl2N2OS2. The molecule has 1 fully saturated rings. The molecule has 7 heteroatoms. The molecule has 2 aromatic rings. The maximum atomic E-state index is 12.8. The predicted molar refractivity (Wildman–Crippen MR) is 113 cm³/mol. The molecule has 0 N–H and O–H groups in total. The minimum atomic E-state index is -0.163. The van der Waals surface area contributed by atoms with Crippen LogP contribution in [0.2, 0.25) is 10.0 Å². The number of amides is 1. The molecule has 3 nitrogen and oxygen atoms in total. The molecule has 0 saturated carbocycles. The molecule has 0 bridgehead atoms. The molecule has 0 atom stereocenters. The van der Waals surface area contributed by atoms with Gasteiger partial charge in [-0.25, -0.2) is 0 Å². The molecule has 128 valence electrons. The Morgan fingerprint density at radius 3 is 2.44 bits per heavy atom. The van der Waals surface area contributed by atoms with Gasteiger partial charge in [-0.3, -0.25) is 9.69 Å². The maximum Gasteiger partial charge on any atom is 0.270 e. The van der Waals surface area contributed by atoms with Crippen molar-refractivity contribution in [3.8, 4) is 0 Å². The Morgan fingerprint density at radius 1 is 1.12 bits per heavy atom. The van der Waals surface area contributed by atoms with Crippen LogP contribution in [0.1, 0.15) is 5.56 Å². The summed E-state index contributed by atoms with van der Waals surface area (Å²) in [4.78, 5) is 16.8. The van der Waals surface area contributed by atoms with Crippen molar-refractivity contribution in [3.63, 3.8) is 0 Å². The lowest BCUT2D eigenvalue weighted by Gasteiger charge is -2.17. The van der Waals surface area contributed by atoms with Crippen molar-refractivity contribution in [2.24, 2.45) is 0 Å². The lowest BCUT2D eigenvalue weighted by molar-refractivity contribution is -0.113. The van der Waals surface area contributed by atoms with E-state index >= 15 is 0 Å². The lowest BCUT2D eigenvalue weighted by Crippen LogP contribution is -2.27. The topological polar surface area (TPSA) is 23.6 Å². The highest BCUT2D eigenvalue weighted by Gasteiger charge is 2.33. The molecule has 0 radical (unpaired) electrons. The number of nitrogens with zero attached hydrogens (tertiary/aromatic N) is 2. The molecule has 1 aliphatic rings. The van der Waals surface area contributed by atoms with E-state index in [4.69, 9.17) is 35.4 Å². The highest BCUT2D eigenvalue weighted by atomic mass is 35.5. The summed E-state index contributed by atoms with van der Waals surface area (Å²) in [5, 5.41) is 0.870. The summed E-state index contributed by atoms with van der Waals surface area (Å²) in [7, 11) is 3.93. The summed E-state index contributed by atoms with van der Waals surface area (Å²) in [5.74, 6) is -0.163. The highest BCUT2D eigenvalue weighted by Crippen LogP contribution is 2.38. The first kappa shape index (κ1) is 18.3. The fourth-order valence-electron chi connectivity index (χ4n) is 2.36. The van der Waals surface area contributed by atoms with Gasteiger partial charge in [-0.2, -0.15) is 0 Å². The van der Waals surface area contributed by atoms with Crippen molar-refractivity contribution < 1.29 is 4.79 Å². The molecule has 2 aromatic carbocycles. The molecular weight excluding hydrogens is 395 g/mol. The van der Waals surface area contributed by atoms with Crippen LogP contribution >= 0.6 is 47.2 Å². The third-order valence-electron chi connectivity index (χ3n) is 3.69. The van der Waals surface area contributed by atoms with Crippen LogP contribution in [0.4, 0.5) is 11.4 Å². The largest absolute Gasteiger partial charge is 0.378 e. The van der Waals surface area contributed by atoms with E-state index in [0.29, 0.717) is 24.8 Å². The lowest BCUT2D eigenvalue weighted by atomic mass is 10.2. The number of hydrogen-bond donors (Lipinski definition) is 0. The van der Waals surface area contributed by atoms with Crippen LogP contribution in [0, 0.1) is 0 Å². The number of anilines is 2.